The standard InChI is InChI=1S/C23H31N3O5/c1-6-24-23(25-14-16(2)31-21-10-8-7-9-20(21)29-4)26-15-17-11-12-19(28-3)18(13-17)22(27)30-5/h7-13,16H,6,14-15H2,1-5H3,(H2,24,25,26). The molecule has 2 aromatic rings. The van der Waals surface area contributed by atoms with Gasteiger partial charge < -0.3 is 29.6 Å². The van der Waals surface area contributed by atoms with E-state index in [1.54, 1.807) is 19.2 Å². The van der Waals surface area contributed by atoms with Gasteiger partial charge in [0.05, 0.1) is 34.4 Å². The van der Waals surface area contributed by atoms with Gasteiger partial charge in [0.25, 0.3) is 0 Å². The van der Waals surface area contributed by atoms with Crippen LogP contribution in [0.5, 0.6) is 17.2 Å². The molecule has 8 nitrogen and oxygen atoms in total. The van der Waals surface area contributed by atoms with Crippen LogP contribution in [0.2, 0.25) is 0 Å². The third kappa shape index (κ3) is 7.09. The van der Waals surface area contributed by atoms with Crippen LogP contribution in [0, 0.1) is 0 Å². The highest BCUT2D eigenvalue weighted by Gasteiger charge is 2.14. The average Bonchev–Trinajstić information content (AvgIpc) is 2.80. The Labute approximate surface area is 183 Å². The minimum atomic E-state index is -0.449. The molecule has 0 heterocycles. The third-order valence-electron chi connectivity index (χ3n) is 4.39. The first-order valence-corrected chi connectivity index (χ1v) is 10.1. The number of carbonyl (C=O) groups is 1. The predicted molar refractivity (Wildman–Crippen MR) is 120 cm³/mol. The quantitative estimate of drug-likeness (QED) is 0.341. The molecule has 1 atom stereocenters. The van der Waals surface area contributed by atoms with E-state index < -0.39 is 5.97 Å². The number of nitrogens with one attached hydrogen (secondary N) is 2. The fourth-order valence-corrected chi connectivity index (χ4v) is 2.85. The SMILES string of the molecule is CCNC(=NCc1ccc(OC)c(C(=O)OC)c1)NCC(C)Oc1ccccc1OC. The Morgan fingerprint density at radius 2 is 1.71 bits per heavy atom. The van der Waals surface area contributed by atoms with E-state index in [9.17, 15) is 4.79 Å². The molecule has 2 N–H and O–H groups in total. The van der Waals surface area contributed by atoms with E-state index in [0.717, 1.165) is 5.56 Å². The number of ether oxygens (including phenoxy) is 4. The van der Waals surface area contributed by atoms with Crippen LogP contribution in [0.1, 0.15) is 29.8 Å². The second kappa shape index (κ2) is 12.3. The summed E-state index contributed by atoms with van der Waals surface area (Å²) in [5.74, 6) is 2.04. The Bertz CT molecular complexity index is 885. The molecule has 0 bridgehead atoms. The molecule has 0 amide bonds. The number of nitrogens with zero attached hydrogens (tertiary/aromatic N) is 1. The monoisotopic (exact) mass is 429 g/mol. The maximum absolute atomic E-state index is 12.0. The lowest BCUT2D eigenvalue weighted by atomic mass is 10.1. The van der Waals surface area contributed by atoms with E-state index in [1.807, 2.05) is 44.2 Å². The largest absolute Gasteiger partial charge is 0.496 e. The van der Waals surface area contributed by atoms with E-state index in [-0.39, 0.29) is 6.10 Å². The Kier molecular flexibility index (Phi) is 9.48. The molecule has 0 spiro atoms. The molecule has 8 heteroatoms. The van der Waals surface area contributed by atoms with Gasteiger partial charge in [-0.05, 0) is 43.7 Å². The van der Waals surface area contributed by atoms with Gasteiger partial charge in [0, 0.05) is 6.54 Å². The molecule has 1 unspecified atom stereocenters. The average molecular weight is 430 g/mol. The molecule has 2 aromatic carbocycles. The number of hydrogen-bond donors (Lipinski definition) is 2. The lowest BCUT2D eigenvalue weighted by Gasteiger charge is -2.19. The number of esters is 1. The molecule has 31 heavy (non-hydrogen) atoms. The second-order valence-corrected chi connectivity index (χ2v) is 6.68. The van der Waals surface area contributed by atoms with Gasteiger partial charge in [0.2, 0.25) is 0 Å². The fraction of sp³-hybridized carbons (Fsp3) is 0.391. The van der Waals surface area contributed by atoms with E-state index in [4.69, 9.17) is 18.9 Å². The van der Waals surface area contributed by atoms with Gasteiger partial charge in [-0.25, -0.2) is 9.79 Å². The number of guanidine groups is 1. The van der Waals surface area contributed by atoms with E-state index >= 15 is 0 Å². The van der Waals surface area contributed by atoms with Crippen molar-refractivity contribution in [3.63, 3.8) is 0 Å². The Morgan fingerprint density at radius 1 is 1.00 bits per heavy atom. The van der Waals surface area contributed by atoms with Crippen LogP contribution in [0.15, 0.2) is 47.5 Å². The number of carbonyl (C=O) groups excluding carboxylic acids is 1. The van der Waals surface area contributed by atoms with Gasteiger partial charge in [-0.1, -0.05) is 18.2 Å². The summed E-state index contributed by atoms with van der Waals surface area (Å²) in [6.45, 7) is 5.60. The van der Waals surface area contributed by atoms with Crippen molar-refractivity contribution < 1.29 is 23.7 Å². The molecular weight excluding hydrogens is 398 g/mol. The molecule has 0 aliphatic heterocycles. The fourth-order valence-electron chi connectivity index (χ4n) is 2.85. The topological polar surface area (TPSA) is 90.4 Å². The maximum atomic E-state index is 12.0. The molecule has 0 saturated heterocycles. The van der Waals surface area contributed by atoms with Gasteiger partial charge >= 0.3 is 5.97 Å². The van der Waals surface area contributed by atoms with Crippen molar-refractivity contribution in [3.8, 4) is 17.2 Å². The zero-order chi connectivity index (χ0) is 22.6. The first-order valence-electron chi connectivity index (χ1n) is 10.1. The first kappa shape index (κ1) is 23.9. The molecule has 0 aliphatic carbocycles. The van der Waals surface area contributed by atoms with Crippen molar-refractivity contribution in [1.82, 2.24) is 10.6 Å². The van der Waals surface area contributed by atoms with Crippen molar-refractivity contribution in [2.45, 2.75) is 26.5 Å². The predicted octanol–water partition coefficient (Wildman–Crippen LogP) is 3.01. The zero-order valence-corrected chi connectivity index (χ0v) is 18.7. The molecule has 0 saturated carbocycles. The normalized spacial score (nSPS) is 12.0. The number of methoxy groups -OCH3 is 3. The highest BCUT2D eigenvalue weighted by molar-refractivity contribution is 5.92. The van der Waals surface area contributed by atoms with Crippen molar-refractivity contribution in [1.29, 1.82) is 0 Å². The molecule has 0 radical (unpaired) electrons. The van der Waals surface area contributed by atoms with Crippen LogP contribution in [0.3, 0.4) is 0 Å². The smallest absolute Gasteiger partial charge is 0.341 e. The van der Waals surface area contributed by atoms with Gasteiger partial charge in [0.1, 0.15) is 17.4 Å². The lowest BCUT2D eigenvalue weighted by molar-refractivity contribution is 0.0597. The molecule has 0 fully saturated rings. The Morgan fingerprint density at radius 3 is 2.35 bits per heavy atom. The van der Waals surface area contributed by atoms with Crippen LogP contribution in [0.4, 0.5) is 0 Å². The molecule has 168 valence electrons. The lowest BCUT2D eigenvalue weighted by Crippen LogP contribution is -2.41. The summed E-state index contributed by atoms with van der Waals surface area (Å²) < 4.78 is 21.4. The van der Waals surface area contributed by atoms with Crippen LogP contribution in [0.25, 0.3) is 0 Å². The van der Waals surface area contributed by atoms with Gasteiger partial charge in [-0.15, -0.1) is 0 Å². The van der Waals surface area contributed by atoms with E-state index in [1.165, 1.54) is 14.2 Å². The number of rotatable bonds is 10. The summed E-state index contributed by atoms with van der Waals surface area (Å²) in [4.78, 5) is 16.6. The third-order valence-corrected chi connectivity index (χ3v) is 4.39. The number of aliphatic imine (C=N–C) groups is 1. The first-order chi connectivity index (χ1) is 15.0. The van der Waals surface area contributed by atoms with Gasteiger partial charge in [0.15, 0.2) is 17.5 Å². The molecule has 2 rings (SSSR count). The van der Waals surface area contributed by atoms with Gasteiger partial charge in [-0.3, -0.25) is 0 Å². The summed E-state index contributed by atoms with van der Waals surface area (Å²) in [7, 11) is 4.47. The number of benzene rings is 2. The summed E-state index contributed by atoms with van der Waals surface area (Å²) in [5.41, 5.74) is 1.23. The Balaban J connectivity index is 2.02. The number of hydrogen-bond acceptors (Lipinski definition) is 6. The van der Waals surface area contributed by atoms with Crippen LogP contribution in [-0.4, -0.2) is 52.5 Å². The molecular formula is C23H31N3O5. The number of para-hydroxylation sites is 2. The van der Waals surface area contributed by atoms with Crippen molar-refractivity contribution in [2.24, 2.45) is 4.99 Å². The highest BCUT2D eigenvalue weighted by atomic mass is 16.5. The van der Waals surface area contributed by atoms with Crippen molar-refractivity contribution in [2.75, 3.05) is 34.4 Å². The maximum Gasteiger partial charge on any atom is 0.341 e. The van der Waals surface area contributed by atoms with Crippen LogP contribution in [-0.2, 0) is 11.3 Å². The van der Waals surface area contributed by atoms with E-state index in [0.29, 0.717) is 48.4 Å². The minimum Gasteiger partial charge on any atom is -0.496 e. The summed E-state index contributed by atoms with van der Waals surface area (Å²) in [5, 5.41) is 6.48. The summed E-state index contributed by atoms with van der Waals surface area (Å²) in [6.07, 6.45) is -0.118. The molecule has 0 aromatic heterocycles. The van der Waals surface area contributed by atoms with Crippen molar-refractivity contribution in [3.05, 3.63) is 53.6 Å². The summed E-state index contributed by atoms with van der Waals surface area (Å²) in [6, 6.07) is 12.9. The Hall–Kier alpha value is -3.42. The van der Waals surface area contributed by atoms with Crippen LogP contribution >= 0.6 is 0 Å². The zero-order valence-electron chi connectivity index (χ0n) is 18.7. The highest BCUT2D eigenvalue weighted by Crippen LogP contribution is 2.26. The van der Waals surface area contributed by atoms with E-state index in [2.05, 4.69) is 15.6 Å². The van der Waals surface area contributed by atoms with Gasteiger partial charge in [-0.2, -0.15) is 0 Å². The van der Waals surface area contributed by atoms with Crippen LogP contribution < -0.4 is 24.8 Å². The molecule has 0 aliphatic rings. The minimum absolute atomic E-state index is 0.118. The second-order valence-electron chi connectivity index (χ2n) is 6.68. The summed E-state index contributed by atoms with van der Waals surface area (Å²) >= 11 is 0. The van der Waals surface area contributed by atoms with Crippen molar-refractivity contribution >= 4 is 11.9 Å².